The van der Waals surface area contributed by atoms with Crippen molar-refractivity contribution in [2.75, 3.05) is 46.9 Å². The first kappa shape index (κ1) is 24.8. The second kappa shape index (κ2) is 10.7. The summed E-state index contributed by atoms with van der Waals surface area (Å²) in [5.74, 6) is 0.699. The number of hydrogen-bond donors (Lipinski definition) is 0. The zero-order chi connectivity index (χ0) is 23.2. The first-order chi connectivity index (χ1) is 14.6. The molecule has 9 heteroatoms. The van der Waals surface area contributed by atoms with Gasteiger partial charge in [-0.1, -0.05) is 23.7 Å². The van der Waals surface area contributed by atoms with Crippen LogP contribution in [0.1, 0.15) is 28.3 Å². The number of carbonyl (C=O) groups excluding carboxylic acids is 1. The van der Waals surface area contributed by atoms with E-state index in [1.54, 1.807) is 36.2 Å². The highest BCUT2D eigenvalue weighted by molar-refractivity contribution is 7.90. The SMILES string of the molecule is COc1cc(C(=O)N(C)CC(CCS(C)(=O)=O)c2cccc(Cl)c2)cc(OC)c1OC. The molecule has 2 rings (SSSR count). The van der Waals surface area contributed by atoms with E-state index < -0.39 is 9.84 Å². The molecule has 0 fully saturated rings. The number of nitrogens with zero attached hydrogens (tertiary/aromatic N) is 1. The predicted molar refractivity (Wildman–Crippen MR) is 122 cm³/mol. The van der Waals surface area contributed by atoms with Crippen molar-refractivity contribution in [3.8, 4) is 17.2 Å². The minimum atomic E-state index is -3.15. The van der Waals surface area contributed by atoms with Crippen LogP contribution in [0.4, 0.5) is 0 Å². The summed E-state index contributed by atoms with van der Waals surface area (Å²) in [5, 5.41) is 0.556. The second-order valence-corrected chi connectivity index (χ2v) is 9.97. The lowest BCUT2D eigenvalue weighted by Crippen LogP contribution is -2.32. The molecule has 0 heterocycles. The molecule has 0 aliphatic heterocycles. The van der Waals surface area contributed by atoms with E-state index in [2.05, 4.69) is 0 Å². The zero-order valence-corrected chi connectivity index (χ0v) is 19.9. The second-order valence-electron chi connectivity index (χ2n) is 7.27. The molecule has 2 aromatic carbocycles. The molecule has 0 spiro atoms. The van der Waals surface area contributed by atoms with Gasteiger partial charge in [0, 0.05) is 36.4 Å². The van der Waals surface area contributed by atoms with Gasteiger partial charge >= 0.3 is 0 Å². The summed E-state index contributed by atoms with van der Waals surface area (Å²) in [5.41, 5.74) is 1.24. The molecule has 1 unspecified atom stereocenters. The maximum Gasteiger partial charge on any atom is 0.253 e. The number of likely N-dealkylation sites (N-methyl/N-ethyl adjacent to an activating group) is 1. The van der Waals surface area contributed by atoms with Crippen molar-refractivity contribution in [1.29, 1.82) is 0 Å². The van der Waals surface area contributed by atoms with Gasteiger partial charge in [-0.25, -0.2) is 8.42 Å². The lowest BCUT2D eigenvalue weighted by atomic mass is 9.95. The van der Waals surface area contributed by atoms with Crippen molar-refractivity contribution >= 4 is 27.3 Å². The molecule has 170 valence electrons. The number of hydrogen-bond acceptors (Lipinski definition) is 6. The summed E-state index contributed by atoms with van der Waals surface area (Å²) < 4.78 is 39.4. The summed E-state index contributed by atoms with van der Waals surface area (Å²) in [6.07, 6.45) is 1.57. The van der Waals surface area contributed by atoms with E-state index in [1.807, 2.05) is 12.1 Å². The van der Waals surface area contributed by atoms with E-state index in [-0.39, 0.29) is 17.6 Å². The van der Waals surface area contributed by atoms with Crippen LogP contribution in [0.3, 0.4) is 0 Å². The van der Waals surface area contributed by atoms with E-state index in [0.717, 1.165) is 5.56 Å². The monoisotopic (exact) mass is 469 g/mol. The minimum absolute atomic E-state index is 0.0103. The Balaban J connectivity index is 2.32. The van der Waals surface area contributed by atoms with Gasteiger partial charge in [0.05, 0.1) is 27.1 Å². The van der Waals surface area contributed by atoms with Gasteiger partial charge in [0.25, 0.3) is 5.91 Å². The maximum atomic E-state index is 13.1. The lowest BCUT2D eigenvalue weighted by molar-refractivity contribution is 0.0784. The van der Waals surface area contributed by atoms with E-state index in [1.165, 1.54) is 27.6 Å². The fourth-order valence-electron chi connectivity index (χ4n) is 3.32. The Morgan fingerprint density at radius 3 is 2.16 bits per heavy atom. The van der Waals surface area contributed by atoms with Gasteiger partial charge in [0.1, 0.15) is 9.84 Å². The van der Waals surface area contributed by atoms with Crippen molar-refractivity contribution < 1.29 is 27.4 Å². The summed E-state index contributed by atoms with van der Waals surface area (Å²) >= 11 is 6.13. The molecular formula is C22H28ClNO6S. The molecule has 0 aromatic heterocycles. The fraction of sp³-hybridized carbons (Fsp3) is 0.409. The Kier molecular flexibility index (Phi) is 8.59. The number of carbonyl (C=O) groups is 1. The highest BCUT2D eigenvalue weighted by Gasteiger charge is 2.23. The number of methoxy groups -OCH3 is 3. The highest BCUT2D eigenvalue weighted by atomic mass is 35.5. The standard InChI is InChI=1S/C22H28ClNO6S/c1-24(22(25)17-12-19(28-2)21(30-4)20(13-17)29-3)14-16(9-10-31(5,26)27)15-7-6-8-18(23)11-15/h6-8,11-13,16H,9-10,14H2,1-5H3. The molecule has 0 bridgehead atoms. The van der Waals surface area contributed by atoms with Gasteiger partial charge in [-0.05, 0) is 36.2 Å². The van der Waals surface area contributed by atoms with Crippen LogP contribution in [-0.2, 0) is 9.84 Å². The first-order valence-electron chi connectivity index (χ1n) is 9.58. The number of amides is 1. The molecule has 0 aliphatic carbocycles. The molecule has 7 nitrogen and oxygen atoms in total. The number of benzene rings is 2. The van der Waals surface area contributed by atoms with Crippen LogP contribution in [-0.4, -0.2) is 66.2 Å². The number of halogens is 1. The quantitative estimate of drug-likeness (QED) is 0.528. The Bertz CT molecular complexity index is 999. The van der Waals surface area contributed by atoms with Crippen molar-refractivity contribution in [1.82, 2.24) is 4.90 Å². The fourth-order valence-corrected chi connectivity index (χ4v) is 4.23. The van der Waals surface area contributed by atoms with Crippen molar-refractivity contribution in [3.63, 3.8) is 0 Å². The van der Waals surface area contributed by atoms with Crippen molar-refractivity contribution in [2.24, 2.45) is 0 Å². The average molecular weight is 470 g/mol. The van der Waals surface area contributed by atoms with E-state index in [4.69, 9.17) is 25.8 Å². The van der Waals surface area contributed by atoms with Crippen LogP contribution in [0, 0.1) is 0 Å². The minimum Gasteiger partial charge on any atom is -0.493 e. The van der Waals surface area contributed by atoms with Gasteiger partial charge in [0.2, 0.25) is 5.75 Å². The Morgan fingerprint density at radius 1 is 1.06 bits per heavy atom. The topological polar surface area (TPSA) is 82.1 Å². The molecule has 0 aliphatic rings. The molecule has 2 aromatic rings. The van der Waals surface area contributed by atoms with Crippen LogP contribution in [0.5, 0.6) is 17.2 Å². The number of rotatable bonds is 10. The van der Waals surface area contributed by atoms with Gasteiger partial charge in [-0.3, -0.25) is 4.79 Å². The molecule has 1 amide bonds. The van der Waals surface area contributed by atoms with Gasteiger partial charge < -0.3 is 19.1 Å². The van der Waals surface area contributed by atoms with Crippen LogP contribution < -0.4 is 14.2 Å². The Morgan fingerprint density at radius 2 is 1.68 bits per heavy atom. The van der Waals surface area contributed by atoms with Crippen molar-refractivity contribution in [3.05, 3.63) is 52.5 Å². The van der Waals surface area contributed by atoms with E-state index >= 15 is 0 Å². The third-order valence-electron chi connectivity index (χ3n) is 4.91. The summed E-state index contributed by atoms with van der Waals surface area (Å²) in [6, 6.07) is 10.4. The molecular weight excluding hydrogens is 442 g/mol. The Labute approximate surface area is 188 Å². The van der Waals surface area contributed by atoms with Gasteiger partial charge in [-0.15, -0.1) is 0 Å². The normalized spacial score (nSPS) is 12.2. The zero-order valence-electron chi connectivity index (χ0n) is 18.3. The molecule has 0 radical (unpaired) electrons. The van der Waals surface area contributed by atoms with E-state index in [0.29, 0.717) is 40.8 Å². The largest absolute Gasteiger partial charge is 0.493 e. The molecule has 0 N–H and O–H groups in total. The number of ether oxygens (including phenoxy) is 3. The Hall–Kier alpha value is -2.45. The highest BCUT2D eigenvalue weighted by Crippen LogP contribution is 2.38. The van der Waals surface area contributed by atoms with Crippen LogP contribution in [0.2, 0.25) is 5.02 Å². The van der Waals surface area contributed by atoms with Crippen LogP contribution in [0.25, 0.3) is 0 Å². The van der Waals surface area contributed by atoms with E-state index in [9.17, 15) is 13.2 Å². The summed E-state index contributed by atoms with van der Waals surface area (Å²) in [6.45, 7) is 0.311. The predicted octanol–water partition coefficient (Wildman–Crippen LogP) is 3.66. The molecule has 1 atom stereocenters. The van der Waals surface area contributed by atoms with Crippen LogP contribution >= 0.6 is 11.6 Å². The maximum absolute atomic E-state index is 13.1. The third-order valence-corrected chi connectivity index (χ3v) is 6.12. The third kappa shape index (κ3) is 6.77. The van der Waals surface area contributed by atoms with Crippen LogP contribution in [0.15, 0.2) is 36.4 Å². The molecule has 0 saturated heterocycles. The lowest BCUT2D eigenvalue weighted by Gasteiger charge is -2.25. The average Bonchev–Trinajstić information content (AvgIpc) is 2.73. The smallest absolute Gasteiger partial charge is 0.253 e. The number of sulfone groups is 1. The first-order valence-corrected chi connectivity index (χ1v) is 12.0. The summed E-state index contributed by atoms with van der Waals surface area (Å²) in [4.78, 5) is 14.7. The van der Waals surface area contributed by atoms with Gasteiger partial charge in [0.15, 0.2) is 11.5 Å². The molecule has 31 heavy (non-hydrogen) atoms. The summed E-state index contributed by atoms with van der Waals surface area (Å²) in [7, 11) is 2.97. The molecule has 0 saturated carbocycles. The van der Waals surface area contributed by atoms with Crippen molar-refractivity contribution in [2.45, 2.75) is 12.3 Å². The van der Waals surface area contributed by atoms with Gasteiger partial charge in [-0.2, -0.15) is 0 Å².